The summed E-state index contributed by atoms with van der Waals surface area (Å²) in [5.41, 5.74) is -0.584. The first kappa shape index (κ1) is 18.2. The van der Waals surface area contributed by atoms with Crippen molar-refractivity contribution in [2.45, 2.75) is 58.6 Å². The van der Waals surface area contributed by atoms with Crippen molar-refractivity contribution in [1.29, 1.82) is 0 Å². The van der Waals surface area contributed by atoms with E-state index in [4.69, 9.17) is 9.47 Å². The minimum absolute atomic E-state index is 0.295. The van der Waals surface area contributed by atoms with Gasteiger partial charge in [-0.25, -0.2) is 9.59 Å². The third kappa shape index (κ3) is 9.76. The number of hydrogen-bond donors (Lipinski definition) is 1. The van der Waals surface area contributed by atoms with Gasteiger partial charge in [0.2, 0.25) is 0 Å². The SMILES string of the molecule is CCOC(=O)[C@@H](CCCCBr)NC(=O)OC(C)(C)C. The largest absolute Gasteiger partial charge is 0.464 e. The number of alkyl halides is 1. The van der Waals surface area contributed by atoms with Crippen molar-refractivity contribution in [2.24, 2.45) is 0 Å². The molecule has 0 bridgehead atoms. The molecule has 19 heavy (non-hydrogen) atoms. The van der Waals surface area contributed by atoms with E-state index < -0.39 is 23.7 Å². The molecule has 0 saturated heterocycles. The molecule has 0 aliphatic carbocycles. The summed E-state index contributed by atoms with van der Waals surface area (Å²) >= 11 is 3.33. The summed E-state index contributed by atoms with van der Waals surface area (Å²) in [5, 5.41) is 3.44. The predicted octanol–water partition coefficient (Wildman–Crippen LogP) is 3.01. The molecule has 5 nitrogen and oxygen atoms in total. The summed E-state index contributed by atoms with van der Waals surface area (Å²) in [6, 6.07) is -0.645. The number of alkyl carbamates (subject to hydrolysis) is 1. The van der Waals surface area contributed by atoms with E-state index in [-0.39, 0.29) is 0 Å². The molecule has 0 aromatic rings. The Morgan fingerprint density at radius 2 is 1.89 bits per heavy atom. The van der Waals surface area contributed by atoms with Gasteiger partial charge in [-0.3, -0.25) is 0 Å². The van der Waals surface area contributed by atoms with Crippen LogP contribution in [0.25, 0.3) is 0 Å². The second-order valence-electron chi connectivity index (χ2n) is 5.14. The maximum atomic E-state index is 11.7. The highest BCUT2D eigenvalue weighted by Crippen LogP contribution is 2.09. The van der Waals surface area contributed by atoms with Crippen LogP contribution in [0.15, 0.2) is 0 Å². The van der Waals surface area contributed by atoms with E-state index in [0.29, 0.717) is 13.0 Å². The molecule has 6 heteroatoms. The van der Waals surface area contributed by atoms with Crippen LogP contribution in [0.1, 0.15) is 47.0 Å². The number of nitrogens with one attached hydrogen (secondary N) is 1. The van der Waals surface area contributed by atoms with Crippen LogP contribution >= 0.6 is 15.9 Å². The van der Waals surface area contributed by atoms with Gasteiger partial charge in [0.1, 0.15) is 11.6 Å². The quantitative estimate of drug-likeness (QED) is 0.440. The van der Waals surface area contributed by atoms with Crippen LogP contribution in [0.4, 0.5) is 4.79 Å². The van der Waals surface area contributed by atoms with Crippen LogP contribution in [-0.2, 0) is 14.3 Å². The predicted molar refractivity (Wildman–Crippen MR) is 77.4 cm³/mol. The average Bonchev–Trinajstić information content (AvgIpc) is 2.25. The number of rotatable bonds is 7. The summed E-state index contributed by atoms with van der Waals surface area (Å²) in [4.78, 5) is 23.4. The van der Waals surface area contributed by atoms with Gasteiger partial charge in [-0.05, 0) is 47.0 Å². The summed E-state index contributed by atoms with van der Waals surface area (Å²) < 4.78 is 10.1. The zero-order valence-electron chi connectivity index (χ0n) is 12.1. The third-order valence-corrected chi connectivity index (χ3v) is 2.70. The molecule has 0 saturated carbocycles. The zero-order valence-corrected chi connectivity index (χ0v) is 13.7. The minimum atomic E-state index is -0.645. The Morgan fingerprint density at radius 3 is 2.37 bits per heavy atom. The van der Waals surface area contributed by atoms with Crippen LogP contribution < -0.4 is 5.32 Å². The van der Waals surface area contributed by atoms with Crippen molar-refractivity contribution in [3.05, 3.63) is 0 Å². The van der Waals surface area contributed by atoms with Crippen molar-refractivity contribution in [2.75, 3.05) is 11.9 Å². The fourth-order valence-corrected chi connectivity index (χ4v) is 1.78. The van der Waals surface area contributed by atoms with E-state index in [1.54, 1.807) is 27.7 Å². The Kier molecular flexibility index (Phi) is 8.80. The highest BCUT2D eigenvalue weighted by atomic mass is 79.9. The summed E-state index contributed by atoms with van der Waals surface area (Å²) in [7, 11) is 0. The first-order valence-corrected chi connectivity index (χ1v) is 7.64. The van der Waals surface area contributed by atoms with Crippen molar-refractivity contribution in [3.8, 4) is 0 Å². The van der Waals surface area contributed by atoms with E-state index >= 15 is 0 Å². The highest BCUT2D eigenvalue weighted by Gasteiger charge is 2.24. The third-order valence-electron chi connectivity index (χ3n) is 2.14. The van der Waals surface area contributed by atoms with E-state index in [2.05, 4.69) is 21.2 Å². The molecule has 0 unspecified atom stereocenters. The Bertz CT molecular complexity index is 289. The Hall–Kier alpha value is -0.780. The molecule has 0 fully saturated rings. The first-order valence-electron chi connectivity index (χ1n) is 6.52. The molecule has 1 atom stereocenters. The number of ether oxygens (including phenoxy) is 2. The number of amides is 1. The Balaban J connectivity index is 4.39. The lowest BCUT2D eigenvalue weighted by atomic mass is 10.1. The second kappa shape index (κ2) is 9.18. The number of halogens is 1. The minimum Gasteiger partial charge on any atom is -0.464 e. The lowest BCUT2D eigenvalue weighted by Gasteiger charge is -2.22. The first-order chi connectivity index (χ1) is 8.80. The highest BCUT2D eigenvalue weighted by molar-refractivity contribution is 9.09. The molecule has 1 amide bonds. The van der Waals surface area contributed by atoms with Crippen LogP contribution in [0.3, 0.4) is 0 Å². The Labute approximate surface area is 123 Å². The van der Waals surface area contributed by atoms with Gasteiger partial charge in [-0.1, -0.05) is 15.9 Å². The molecular formula is C13H24BrNO4. The van der Waals surface area contributed by atoms with Gasteiger partial charge in [0.15, 0.2) is 0 Å². The van der Waals surface area contributed by atoms with Gasteiger partial charge in [-0.2, -0.15) is 0 Å². The lowest BCUT2D eigenvalue weighted by Crippen LogP contribution is -2.44. The van der Waals surface area contributed by atoms with Gasteiger partial charge < -0.3 is 14.8 Å². The molecular weight excluding hydrogens is 314 g/mol. The molecule has 0 aliphatic heterocycles. The second-order valence-corrected chi connectivity index (χ2v) is 5.93. The van der Waals surface area contributed by atoms with Crippen molar-refractivity contribution in [3.63, 3.8) is 0 Å². The molecule has 0 spiro atoms. The van der Waals surface area contributed by atoms with Crippen molar-refractivity contribution < 1.29 is 19.1 Å². The molecule has 0 aromatic carbocycles. The van der Waals surface area contributed by atoms with Gasteiger partial charge in [-0.15, -0.1) is 0 Å². The number of hydrogen-bond acceptors (Lipinski definition) is 4. The fraction of sp³-hybridized carbons (Fsp3) is 0.846. The topological polar surface area (TPSA) is 64.6 Å². The summed E-state index contributed by atoms with van der Waals surface area (Å²) in [5.74, 6) is -0.414. The normalized spacial score (nSPS) is 12.7. The number of carbonyl (C=O) groups is 2. The van der Waals surface area contributed by atoms with Crippen LogP contribution in [0.2, 0.25) is 0 Å². The molecule has 1 N–H and O–H groups in total. The molecule has 0 aliphatic rings. The molecule has 0 rings (SSSR count). The van der Waals surface area contributed by atoms with Gasteiger partial charge in [0.05, 0.1) is 6.61 Å². The number of esters is 1. The summed E-state index contributed by atoms with van der Waals surface area (Å²) in [6.07, 6.45) is 1.71. The van der Waals surface area contributed by atoms with E-state index in [1.807, 2.05) is 0 Å². The lowest BCUT2D eigenvalue weighted by molar-refractivity contribution is -0.145. The monoisotopic (exact) mass is 337 g/mol. The van der Waals surface area contributed by atoms with Gasteiger partial charge >= 0.3 is 12.1 Å². The Morgan fingerprint density at radius 1 is 1.26 bits per heavy atom. The number of unbranched alkanes of at least 4 members (excludes halogenated alkanes) is 1. The molecule has 0 heterocycles. The molecule has 0 radical (unpaired) electrons. The zero-order chi connectivity index (χ0) is 14.9. The van der Waals surface area contributed by atoms with Gasteiger partial charge in [0, 0.05) is 5.33 Å². The van der Waals surface area contributed by atoms with E-state index in [1.165, 1.54) is 0 Å². The average molecular weight is 338 g/mol. The molecule has 112 valence electrons. The van der Waals surface area contributed by atoms with Crippen molar-refractivity contribution in [1.82, 2.24) is 5.32 Å². The summed E-state index contributed by atoms with van der Waals surface area (Å²) in [6.45, 7) is 7.36. The van der Waals surface area contributed by atoms with E-state index in [9.17, 15) is 9.59 Å². The van der Waals surface area contributed by atoms with Crippen LogP contribution in [-0.4, -0.2) is 35.6 Å². The fourth-order valence-electron chi connectivity index (χ4n) is 1.38. The maximum absolute atomic E-state index is 11.7. The van der Waals surface area contributed by atoms with Crippen LogP contribution in [0, 0.1) is 0 Å². The van der Waals surface area contributed by atoms with E-state index in [0.717, 1.165) is 18.2 Å². The standard InChI is InChI=1S/C13H24BrNO4/c1-5-18-11(16)10(8-6-7-9-14)15-12(17)19-13(2,3)4/h10H,5-9H2,1-4H3,(H,15,17)/t10-/m1/s1. The van der Waals surface area contributed by atoms with Crippen molar-refractivity contribution >= 4 is 28.0 Å². The maximum Gasteiger partial charge on any atom is 0.408 e. The smallest absolute Gasteiger partial charge is 0.408 e. The molecule has 0 aromatic heterocycles. The number of carbonyl (C=O) groups excluding carboxylic acids is 2. The van der Waals surface area contributed by atoms with Gasteiger partial charge in [0.25, 0.3) is 0 Å². The van der Waals surface area contributed by atoms with Crippen LogP contribution in [0.5, 0.6) is 0 Å².